The minimum atomic E-state index is -0.390. The lowest BCUT2D eigenvalue weighted by molar-refractivity contribution is -0.123. The standard InChI is InChI=1S/C16H19N5OS.ClH/c1-17-15(11-9-19-21(2)10-11)16(22)18-8-7-14-20-12-5-3-4-6-13(12)23-14;/h3-6,9-10,15,17H,7-8H2,1-2H3,(H,18,22);1H. The summed E-state index contributed by atoms with van der Waals surface area (Å²) in [5.74, 6) is -0.0541. The van der Waals surface area contributed by atoms with Gasteiger partial charge in [-0.2, -0.15) is 5.10 Å². The van der Waals surface area contributed by atoms with Crippen LogP contribution >= 0.6 is 23.7 Å². The highest BCUT2D eigenvalue weighted by atomic mass is 35.5. The van der Waals surface area contributed by atoms with Crippen LogP contribution in [0.4, 0.5) is 0 Å². The van der Waals surface area contributed by atoms with Crippen LogP contribution in [0.3, 0.4) is 0 Å². The van der Waals surface area contributed by atoms with Crippen molar-refractivity contribution in [1.29, 1.82) is 0 Å². The molecule has 0 bridgehead atoms. The van der Waals surface area contributed by atoms with Crippen molar-refractivity contribution in [3.63, 3.8) is 0 Å². The molecule has 128 valence electrons. The number of aromatic nitrogens is 3. The van der Waals surface area contributed by atoms with Gasteiger partial charge in [0, 0.05) is 31.8 Å². The number of nitrogens with zero attached hydrogens (tertiary/aromatic N) is 3. The van der Waals surface area contributed by atoms with Gasteiger partial charge in [0.15, 0.2) is 0 Å². The monoisotopic (exact) mass is 365 g/mol. The molecule has 1 atom stereocenters. The first-order valence-corrected chi connectivity index (χ1v) is 8.27. The highest BCUT2D eigenvalue weighted by Crippen LogP contribution is 2.21. The van der Waals surface area contributed by atoms with E-state index in [0.29, 0.717) is 6.54 Å². The molecular weight excluding hydrogens is 346 g/mol. The number of nitrogens with one attached hydrogen (secondary N) is 2. The molecule has 1 amide bonds. The number of likely N-dealkylation sites (N-methyl/N-ethyl adjacent to an activating group) is 1. The normalized spacial score (nSPS) is 11.9. The van der Waals surface area contributed by atoms with Gasteiger partial charge in [0.2, 0.25) is 5.91 Å². The third kappa shape index (κ3) is 4.11. The molecule has 0 aliphatic heterocycles. The highest BCUT2D eigenvalue weighted by Gasteiger charge is 2.19. The number of hydrogen-bond acceptors (Lipinski definition) is 5. The van der Waals surface area contributed by atoms with Gasteiger partial charge in [0.05, 0.1) is 21.4 Å². The van der Waals surface area contributed by atoms with Crippen molar-refractivity contribution < 1.29 is 4.79 Å². The van der Waals surface area contributed by atoms with E-state index in [4.69, 9.17) is 0 Å². The van der Waals surface area contributed by atoms with Crippen LogP contribution in [0.15, 0.2) is 36.7 Å². The zero-order valence-corrected chi connectivity index (χ0v) is 15.2. The van der Waals surface area contributed by atoms with E-state index in [0.717, 1.165) is 22.5 Å². The van der Waals surface area contributed by atoms with Gasteiger partial charge < -0.3 is 10.6 Å². The first-order valence-electron chi connectivity index (χ1n) is 7.45. The van der Waals surface area contributed by atoms with Gasteiger partial charge in [-0.25, -0.2) is 4.98 Å². The Morgan fingerprint density at radius 3 is 2.83 bits per heavy atom. The summed E-state index contributed by atoms with van der Waals surface area (Å²) in [5, 5.41) is 11.1. The molecule has 3 rings (SSSR count). The number of thiazole rings is 1. The Bertz CT molecular complexity index is 783. The summed E-state index contributed by atoms with van der Waals surface area (Å²) in [4.78, 5) is 16.9. The molecule has 0 saturated heterocycles. The molecular formula is C16H20ClN5OS. The number of rotatable bonds is 6. The summed E-state index contributed by atoms with van der Waals surface area (Å²) in [5.41, 5.74) is 1.87. The Labute approximate surface area is 150 Å². The minimum Gasteiger partial charge on any atom is -0.354 e. The summed E-state index contributed by atoms with van der Waals surface area (Å²) in [7, 11) is 3.60. The van der Waals surface area contributed by atoms with Crippen molar-refractivity contribution in [2.45, 2.75) is 12.5 Å². The molecule has 24 heavy (non-hydrogen) atoms. The Kier molecular flexibility index (Phi) is 6.30. The summed E-state index contributed by atoms with van der Waals surface area (Å²) >= 11 is 1.67. The number of hydrogen-bond donors (Lipinski definition) is 2. The predicted octanol–water partition coefficient (Wildman–Crippen LogP) is 2.07. The van der Waals surface area contributed by atoms with Crippen LogP contribution in [-0.4, -0.2) is 34.3 Å². The lowest BCUT2D eigenvalue weighted by atomic mass is 10.1. The van der Waals surface area contributed by atoms with Crippen molar-refractivity contribution in [3.8, 4) is 0 Å². The summed E-state index contributed by atoms with van der Waals surface area (Å²) in [6.45, 7) is 0.567. The second kappa shape index (κ2) is 8.23. The molecule has 0 aliphatic carbocycles. The first-order chi connectivity index (χ1) is 11.2. The van der Waals surface area contributed by atoms with Crippen molar-refractivity contribution >= 4 is 39.9 Å². The molecule has 1 aromatic carbocycles. The predicted molar refractivity (Wildman–Crippen MR) is 98.6 cm³/mol. The number of fused-ring (bicyclic) bond motifs is 1. The lowest BCUT2D eigenvalue weighted by Gasteiger charge is -2.14. The van der Waals surface area contributed by atoms with Crippen molar-refractivity contribution in [2.75, 3.05) is 13.6 Å². The van der Waals surface area contributed by atoms with Crippen LogP contribution in [0.25, 0.3) is 10.2 Å². The van der Waals surface area contributed by atoms with E-state index < -0.39 is 0 Å². The van der Waals surface area contributed by atoms with Crippen molar-refractivity contribution in [1.82, 2.24) is 25.4 Å². The summed E-state index contributed by atoms with van der Waals surface area (Å²) < 4.78 is 2.87. The van der Waals surface area contributed by atoms with E-state index in [2.05, 4.69) is 26.8 Å². The molecule has 2 heterocycles. The van der Waals surface area contributed by atoms with Gasteiger partial charge in [-0.15, -0.1) is 23.7 Å². The Morgan fingerprint density at radius 1 is 1.38 bits per heavy atom. The maximum absolute atomic E-state index is 12.3. The van der Waals surface area contributed by atoms with Gasteiger partial charge in [-0.05, 0) is 19.2 Å². The molecule has 1 unspecified atom stereocenters. The quantitative estimate of drug-likeness (QED) is 0.701. The number of para-hydroxylation sites is 1. The molecule has 0 saturated carbocycles. The van der Waals surface area contributed by atoms with Crippen LogP contribution in [0.5, 0.6) is 0 Å². The van der Waals surface area contributed by atoms with Crippen LogP contribution in [0.1, 0.15) is 16.6 Å². The molecule has 2 N–H and O–H groups in total. The van der Waals surface area contributed by atoms with Gasteiger partial charge in [0.25, 0.3) is 0 Å². The average molecular weight is 366 g/mol. The zero-order chi connectivity index (χ0) is 16.2. The third-order valence-corrected chi connectivity index (χ3v) is 4.68. The SMILES string of the molecule is CNC(C(=O)NCCc1nc2ccccc2s1)c1cnn(C)c1.Cl. The minimum absolute atomic E-state index is 0. The summed E-state index contributed by atoms with van der Waals surface area (Å²) in [6.07, 6.45) is 4.27. The van der Waals surface area contributed by atoms with Gasteiger partial charge in [-0.1, -0.05) is 12.1 Å². The lowest BCUT2D eigenvalue weighted by Crippen LogP contribution is -2.36. The number of aryl methyl sites for hydroxylation is 1. The molecule has 2 aromatic heterocycles. The van der Waals surface area contributed by atoms with E-state index in [1.54, 1.807) is 29.3 Å². The maximum Gasteiger partial charge on any atom is 0.241 e. The second-order valence-corrected chi connectivity index (χ2v) is 6.40. The van der Waals surface area contributed by atoms with Gasteiger partial charge >= 0.3 is 0 Å². The number of benzene rings is 1. The fourth-order valence-electron chi connectivity index (χ4n) is 2.46. The molecule has 0 fully saturated rings. The molecule has 6 nitrogen and oxygen atoms in total. The summed E-state index contributed by atoms with van der Waals surface area (Å²) in [6, 6.07) is 7.68. The topological polar surface area (TPSA) is 71.8 Å². The zero-order valence-electron chi connectivity index (χ0n) is 13.5. The number of amides is 1. The van der Waals surface area contributed by atoms with Crippen molar-refractivity contribution in [2.24, 2.45) is 7.05 Å². The van der Waals surface area contributed by atoms with Crippen LogP contribution in [0, 0.1) is 0 Å². The van der Waals surface area contributed by atoms with E-state index in [-0.39, 0.29) is 24.4 Å². The highest BCUT2D eigenvalue weighted by molar-refractivity contribution is 7.18. The molecule has 0 radical (unpaired) electrons. The molecule has 0 spiro atoms. The van der Waals surface area contributed by atoms with Crippen LogP contribution in [-0.2, 0) is 18.3 Å². The van der Waals surface area contributed by atoms with E-state index in [1.807, 2.05) is 31.4 Å². The largest absolute Gasteiger partial charge is 0.354 e. The third-order valence-electron chi connectivity index (χ3n) is 3.59. The Hall–Kier alpha value is -1.96. The smallest absolute Gasteiger partial charge is 0.241 e. The number of carbonyl (C=O) groups is 1. The average Bonchev–Trinajstić information content (AvgIpc) is 3.14. The first kappa shape index (κ1) is 18.4. The molecule has 0 aliphatic rings. The van der Waals surface area contributed by atoms with E-state index >= 15 is 0 Å². The van der Waals surface area contributed by atoms with E-state index in [9.17, 15) is 4.79 Å². The van der Waals surface area contributed by atoms with Crippen molar-refractivity contribution in [3.05, 3.63) is 47.2 Å². The maximum atomic E-state index is 12.3. The van der Waals surface area contributed by atoms with Gasteiger partial charge in [-0.3, -0.25) is 9.48 Å². The fraction of sp³-hybridized carbons (Fsp3) is 0.312. The second-order valence-electron chi connectivity index (χ2n) is 5.29. The number of halogens is 1. The van der Waals surface area contributed by atoms with E-state index in [1.165, 1.54) is 4.70 Å². The van der Waals surface area contributed by atoms with Crippen LogP contribution < -0.4 is 10.6 Å². The fourth-order valence-corrected chi connectivity index (χ4v) is 3.43. The molecule has 3 aromatic rings. The van der Waals surface area contributed by atoms with Gasteiger partial charge in [0.1, 0.15) is 6.04 Å². The number of carbonyl (C=O) groups excluding carboxylic acids is 1. The van der Waals surface area contributed by atoms with Crippen LogP contribution in [0.2, 0.25) is 0 Å². The Morgan fingerprint density at radius 2 is 2.17 bits per heavy atom. The molecule has 8 heteroatoms. The Balaban J connectivity index is 0.00000208.